The molecule has 23 heavy (non-hydrogen) atoms. The van der Waals surface area contributed by atoms with E-state index in [1.165, 1.54) is 11.8 Å². The summed E-state index contributed by atoms with van der Waals surface area (Å²) in [5.41, 5.74) is 7.78. The van der Waals surface area contributed by atoms with Gasteiger partial charge in [0.15, 0.2) is 10.8 Å². The number of amides is 1. The lowest BCUT2D eigenvalue weighted by molar-refractivity contribution is -0.113. The fraction of sp³-hybridized carbons (Fsp3) is 0.133. The molecule has 1 aromatic carbocycles. The minimum Gasteiger partial charge on any atom is -0.497 e. The Morgan fingerprint density at radius 3 is 2.78 bits per heavy atom. The fourth-order valence-electron chi connectivity index (χ4n) is 1.99. The summed E-state index contributed by atoms with van der Waals surface area (Å²) in [5, 5.41) is 11.5. The van der Waals surface area contributed by atoms with Gasteiger partial charge < -0.3 is 15.8 Å². The molecule has 0 aliphatic heterocycles. The van der Waals surface area contributed by atoms with Gasteiger partial charge in [-0.3, -0.25) is 9.20 Å². The van der Waals surface area contributed by atoms with E-state index < -0.39 is 0 Å². The lowest BCUT2D eigenvalue weighted by Gasteiger charge is -2.06. The summed E-state index contributed by atoms with van der Waals surface area (Å²) in [6.07, 6.45) is 1.74. The average Bonchev–Trinajstić information content (AvgIpc) is 2.96. The normalized spacial score (nSPS) is 10.7. The van der Waals surface area contributed by atoms with Crippen molar-refractivity contribution in [2.45, 2.75) is 5.16 Å². The van der Waals surface area contributed by atoms with E-state index in [0.29, 0.717) is 22.2 Å². The van der Waals surface area contributed by atoms with Crippen LogP contribution < -0.4 is 15.8 Å². The third kappa shape index (κ3) is 3.54. The molecule has 0 unspecified atom stereocenters. The first-order valence-electron chi connectivity index (χ1n) is 6.82. The first-order valence-corrected chi connectivity index (χ1v) is 7.81. The topological polar surface area (TPSA) is 94.5 Å². The van der Waals surface area contributed by atoms with Gasteiger partial charge in [-0.1, -0.05) is 11.8 Å². The number of rotatable bonds is 5. The second-order valence-corrected chi connectivity index (χ2v) is 5.68. The molecule has 0 saturated carbocycles. The number of hydrogen-bond donors (Lipinski definition) is 2. The third-order valence-corrected chi connectivity index (χ3v) is 4.04. The highest BCUT2D eigenvalue weighted by Gasteiger charge is 2.09. The molecule has 8 heteroatoms. The minimum absolute atomic E-state index is 0.124. The number of fused-ring (bicyclic) bond motifs is 1. The number of pyridine rings is 1. The van der Waals surface area contributed by atoms with Gasteiger partial charge >= 0.3 is 0 Å². The number of anilines is 2. The molecule has 1 amide bonds. The van der Waals surface area contributed by atoms with Gasteiger partial charge in [0, 0.05) is 17.6 Å². The zero-order valence-electron chi connectivity index (χ0n) is 12.4. The Hall–Kier alpha value is -2.74. The molecule has 0 atom stereocenters. The van der Waals surface area contributed by atoms with Gasteiger partial charge in [-0.25, -0.2) is 0 Å². The zero-order chi connectivity index (χ0) is 16.2. The van der Waals surface area contributed by atoms with Crippen molar-refractivity contribution < 1.29 is 9.53 Å². The van der Waals surface area contributed by atoms with Crippen molar-refractivity contribution >= 4 is 34.7 Å². The largest absolute Gasteiger partial charge is 0.497 e. The molecule has 0 aliphatic rings. The quantitative estimate of drug-likeness (QED) is 0.696. The number of aromatic nitrogens is 3. The molecule has 0 spiro atoms. The van der Waals surface area contributed by atoms with Crippen molar-refractivity contribution in [2.24, 2.45) is 0 Å². The number of carbonyl (C=O) groups is 1. The minimum atomic E-state index is -0.124. The summed E-state index contributed by atoms with van der Waals surface area (Å²) in [7, 11) is 1.60. The third-order valence-electron chi connectivity index (χ3n) is 3.10. The summed E-state index contributed by atoms with van der Waals surface area (Å²) in [6.45, 7) is 0. The van der Waals surface area contributed by atoms with Crippen LogP contribution in [0.2, 0.25) is 0 Å². The molecular formula is C15H15N5O2S. The van der Waals surface area contributed by atoms with Crippen LogP contribution >= 0.6 is 11.8 Å². The zero-order valence-corrected chi connectivity index (χ0v) is 13.2. The highest BCUT2D eigenvalue weighted by molar-refractivity contribution is 7.99. The van der Waals surface area contributed by atoms with E-state index in [9.17, 15) is 4.79 Å². The molecule has 0 aliphatic carbocycles. The maximum atomic E-state index is 12.0. The molecule has 3 rings (SSSR count). The smallest absolute Gasteiger partial charge is 0.234 e. The van der Waals surface area contributed by atoms with Crippen molar-refractivity contribution in [3.05, 3.63) is 42.6 Å². The van der Waals surface area contributed by atoms with Crippen molar-refractivity contribution in [3.63, 3.8) is 0 Å². The number of benzene rings is 1. The summed E-state index contributed by atoms with van der Waals surface area (Å²) in [5.74, 6) is 0.840. The number of methoxy groups -OCH3 is 1. The molecule has 0 radical (unpaired) electrons. The van der Waals surface area contributed by atoms with Gasteiger partial charge in [0.2, 0.25) is 5.91 Å². The lowest BCUT2D eigenvalue weighted by Crippen LogP contribution is -2.14. The van der Waals surface area contributed by atoms with E-state index in [0.717, 1.165) is 5.75 Å². The lowest BCUT2D eigenvalue weighted by atomic mass is 10.3. The van der Waals surface area contributed by atoms with Crippen molar-refractivity contribution in [3.8, 4) is 5.75 Å². The van der Waals surface area contributed by atoms with Crippen molar-refractivity contribution in [2.75, 3.05) is 23.9 Å². The van der Waals surface area contributed by atoms with Crippen LogP contribution in [0.1, 0.15) is 0 Å². The monoisotopic (exact) mass is 329 g/mol. The van der Waals surface area contributed by atoms with Gasteiger partial charge in [-0.2, -0.15) is 0 Å². The van der Waals surface area contributed by atoms with E-state index in [1.54, 1.807) is 54.1 Å². The SMILES string of the molecule is COc1ccc(NC(=O)CSc2nnc3ccc(N)cn23)cc1. The Kier molecular flexibility index (Phi) is 4.33. The predicted molar refractivity (Wildman–Crippen MR) is 89.7 cm³/mol. The summed E-state index contributed by atoms with van der Waals surface area (Å²) < 4.78 is 6.84. The Morgan fingerprint density at radius 1 is 1.26 bits per heavy atom. The van der Waals surface area contributed by atoms with Crippen LogP contribution in [-0.2, 0) is 4.79 Å². The molecule has 0 bridgehead atoms. The Bertz CT molecular complexity index is 832. The van der Waals surface area contributed by atoms with Gasteiger partial charge in [-0.05, 0) is 36.4 Å². The van der Waals surface area contributed by atoms with E-state index in [1.807, 2.05) is 0 Å². The molecule has 118 valence electrons. The number of hydrogen-bond acceptors (Lipinski definition) is 6. The summed E-state index contributed by atoms with van der Waals surface area (Å²) in [4.78, 5) is 12.0. The van der Waals surface area contributed by atoms with Crippen LogP contribution in [0.3, 0.4) is 0 Å². The number of thioether (sulfide) groups is 1. The number of carbonyl (C=O) groups excluding carboxylic acids is 1. The maximum Gasteiger partial charge on any atom is 0.234 e. The maximum absolute atomic E-state index is 12.0. The Labute approximate surface area is 136 Å². The first kappa shape index (κ1) is 15.2. The molecule has 2 aromatic heterocycles. The van der Waals surface area contributed by atoms with E-state index in [4.69, 9.17) is 10.5 Å². The van der Waals surface area contributed by atoms with Crippen LogP contribution in [0.5, 0.6) is 5.75 Å². The van der Waals surface area contributed by atoms with Gasteiger partial charge in [0.25, 0.3) is 0 Å². The number of nitrogens with one attached hydrogen (secondary N) is 1. The van der Waals surface area contributed by atoms with Crippen LogP contribution in [0.4, 0.5) is 11.4 Å². The van der Waals surface area contributed by atoms with Crippen molar-refractivity contribution in [1.82, 2.24) is 14.6 Å². The average molecular weight is 329 g/mol. The van der Waals surface area contributed by atoms with Crippen molar-refractivity contribution in [1.29, 1.82) is 0 Å². The first-order chi connectivity index (χ1) is 11.2. The number of ether oxygens (including phenoxy) is 1. The summed E-state index contributed by atoms with van der Waals surface area (Å²) >= 11 is 1.30. The van der Waals surface area contributed by atoms with Gasteiger partial charge in [0.1, 0.15) is 5.75 Å². The van der Waals surface area contributed by atoms with E-state index in [2.05, 4.69) is 15.5 Å². The number of nitrogens with zero attached hydrogens (tertiary/aromatic N) is 3. The molecule has 0 fully saturated rings. The number of nitrogens with two attached hydrogens (primary N) is 1. The van der Waals surface area contributed by atoms with Gasteiger partial charge in [-0.15, -0.1) is 10.2 Å². The standard InChI is InChI=1S/C15H15N5O2S/c1-22-12-5-3-11(4-6-12)17-14(21)9-23-15-19-18-13-7-2-10(16)8-20(13)15/h2-8H,9,16H2,1H3,(H,17,21). The molecule has 7 nitrogen and oxygen atoms in total. The Morgan fingerprint density at radius 2 is 2.04 bits per heavy atom. The molecule has 0 saturated heterocycles. The fourth-order valence-corrected chi connectivity index (χ4v) is 2.70. The second-order valence-electron chi connectivity index (χ2n) is 4.74. The molecule has 3 N–H and O–H groups in total. The predicted octanol–water partition coefficient (Wildman–Crippen LogP) is 2.05. The Balaban J connectivity index is 1.62. The van der Waals surface area contributed by atoms with Gasteiger partial charge in [0.05, 0.1) is 12.9 Å². The molecule has 2 heterocycles. The van der Waals surface area contributed by atoms with E-state index in [-0.39, 0.29) is 11.7 Å². The highest BCUT2D eigenvalue weighted by Crippen LogP contribution is 2.19. The van der Waals surface area contributed by atoms with Crippen LogP contribution in [0.25, 0.3) is 5.65 Å². The summed E-state index contributed by atoms with van der Waals surface area (Å²) in [6, 6.07) is 10.7. The van der Waals surface area contributed by atoms with E-state index >= 15 is 0 Å². The highest BCUT2D eigenvalue weighted by atomic mass is 32.2. The van der Waals surface area contributed by atoms with Crippen LogP contribution in [-0.4, -0.2) is 33.4 Å². The molecule has 3 aromatic rings. The van der Waals surface area contributed by atoms with Crippen LogP contribution in [0.15, 0.2) is 47.8 Å². The van der Waals surface area contributed by atoms with Crippen LogP contribution in [0, 0.1) is 0 Å². The molecular weight excluding hydrogens is 314 g/mol. The second kappa shape index (κ2) is 6.57. The number of nitrogen functional groups attached to an aromatic ring is 1.